The van der Waals surface area contributed by atoms with Gasteiger partial charge in [-0.15, -0.1) is 0 Å². The first-order valence-corrected chi connectivity index (χ1v) is 9.50. The quantitative estimate of drug-likeness (QED) is 0.870. The second-order valence-corrected chi connectivity index (χ2v) is 7.68. The lowest BCUT2D eigenvalue weighted by atomic mass is 9.95. The van der Waals surface area contributed by atoms with Crippen molar-refractivity contribution in [3.05, 3.63) is 70.8 Å². The molecule has 0 radical (unpaired) electrons. The molecule has 1 heterocycles. The number of nitriles is 1. The fourth-order valence-electron chi connectivity index (χ4n) is 2.99. The lowest BCUT2D eigenvalue weighted by Gasteiger charge is -2.27. The van der Waals surface area contributed by atoms with Crippen molar-refractivity contribution in [2.75, 3.05) is 13.1 Å². The summed E-state index contributed by atoms with van der Waals surface area (Å²) in [4.78, 5) is 0. The van der Waals surface area contributed by atoms with Crippen LogP contribution < -0.4 is 10.0 Å². The summed E-state index contributed by atoms with van der Waals surface area (Å²) in [6.45, 7) is 1.16. The molecule has 0 amide bonds. The number of nitrogens with one attached hydrogen (secondary N) is 2. The van der Waals surface area contributed by atoms with E-state index in [9.17, 15) is 8.42 Å². The molecule has 1 atom stereocenters. The Morgan fingerprint density at radius 3 is 2.88 bits per heavy atom. The van der Waals surface area contributed by atoms with Gasteiger partial charge in [0.05, 0.1) is 17.4 Å². The van der Waals surface area contributed by atoms with Crippen molar-refractivity contribution in [1.82, 2.24) is 10.0 Å². The average molecular weight is 341 g/mol. The van der Waals surface area contributed by atoms with Crippen LogP contribution in [0.25, 0.3) is 0 Å². The van der Waals surface area contributed by atoms with Crippen molar-refractivity contribution in [2.24, 2.45) is 0 Å². The van der Waals surface area contributed by atoms with Crippen LogP contribution in [-0.2, 0) is 22.2 Å². The molecule has 2 aromatic carbocycles. The first-order valence-electron chi connectivity index (χ1n) is 7.85. The highest BCUT2D eigenvalue weighted by atomic mass is 32.2. The highest BCUT2D eigenvalue weighted by molar-refractivity contribution is 7.88. The number of hydrogen-bond donors (Lipinski definition) is 2. The molecule has 1 aliphatic heterocycles. The zero-order chi connectivity index (χ0) is 17.0. The van der Waals surface area contributed by atoms with E-state index in [0.717, 1.165) is 18.5 Å². The Kier molecular flexibility index (Phi) is 4.95. The smallest absolute Gasteiger partial charge is 0.215 e. The molecule has 0 saturated carbocycles. The van der Waals surface area contributed by atoms with E-state index in [1.54, 1.807) is 24.3 Å². The summed E-state index contributed by atoms with van der Waals surface area (Å²) in [5, 5.41) is 12.3. The van der Waals surface area contributed by atoms with Gasteiger partial charge < -0.3 is 5.32 Å². The summed E-state index contributed by atoms with van der Waals surface area (Å²) in [6.07, 6.45) is 0.959. The Balaban J connectivity index is 1.67. The lowest BCUT2D eigenvalue weighted by Crippen LogP contribution is -2.39. The number of benzene rings is 2. The van der Waals surface area contributed by atoms with E-state index < -0.39 is 10.0 Å². The number of sulfonamides is 1. The molecule has 5 nitrogen and oxygen atoms in total. The summed E-state index contributed by atoms with van der Waals surface area (Å²) in [6, 6.07) is 16.8. The first-order chi connectivity index (χ1) is 11.6. The molecule has 1 unspecified atom stereocenters. The Bertz CT molecular complexity index is 872. The molecule has 0 spiro atoms. The van der Waals surface area contributed by atoms with Crippen LogP contribution in [0.3, 0.4) is 0 Å². The van der Waals surface area contributed by atoms with Gasteiger partial charge in [0, 0.05) is 12.6 Å². The third-order valence-corrected chi connectivity index (χ3v) is 5.46. The van der Waals surface area contributed by atoms with E-state index in [1.807, 2.05) is 24.3 Å². The van der Waals surface area contributed by atoms with E-state index >= 15 is 0 Å². The Morgan fingerprint density at radius 1 is 1.21 bits per heavy atom. The zero-order valence-corrected chi connectivity index (χ0v) is 14.0. The molecular weight excluding hydrogens is 322 g/mol. The number of fused-ring (bicyclic) bond motifs is 1. The SMILES string of the molecule is N#Cc1cccc(CS(=O)(=O)NCC2NCCc3ccccc32)c1. The maximum atomic E-state index is 12.3. The third kappa shape index (κ3) is 4.01. The van der Waals surface area contributed by atoms with Crippen LogP contribution in [0.15, 0.2) is 48.5 Å². The monoisotopic (exact) mass is 341 g/mol. The van der Waals surface area contributed by atoms with E-state index in [2.05, 4.69) is 16.1 Å². The van der Waals surface area contributed by atoms with Gasteiger partial charge in [0.1, 0.15) is 0 Å². The second-order valence-electron chi connectivity index (χ2n) is 5.88. The maximum absolute atomic E-state index is 12.3. The molecule has 6 heteroatoms. The van der Waals surface area contributed by atoms with Gasteiger partial charge in [-0.3, -0.25) is 0 Å². The largest absolute Gasteiger partial charge is 0.308 e. The normalized spacial score (nSPS) is 17.0. The van der Waals surface area contributed by atoms with Crippen LogP contribution in [0.4, 0.5) is 0 Å². The summed E-state index contributed by atoms with van der Waals surface area (Å²) in [7, 11) is -3.46. The van der Waals surface area contributed by atoms with Gasteiger partial charge in [0.2, 0.25) is 10.0 Å². The molecule has 0 bridgehead atoms. The minimum absolute atomic E-state index is 0.0184. The van der Waals surface area contributed by atoms with Crippen LogP contribution >= 0.6 is 0 Å². The molecule has 2 N–H and O–H groups in total. The molecule has 124 valence electrons. The van der Waals surface area contributed by atoms with Gasteiger partial charge in [0.15, 0.2) is 0 Å². The highest BCUT2D eigenvalue weighted by Gasteiger charge is 2.21. The van der Waals surface area contributed by atoms with Gasteiger partial charge in [-0.25, -0.2) is 13.1 Å². The predicted octanol–water partition coefficient (Wildman–Crippen LogP) is 1.86. The molecule has 1 aliphatic rings. The average Bonchev–Trinajstić information content (AvgIpc) is 2.60. The molecule has 3 rings (SSSR count). The van der Waals surface area contributed by atoms with Crippen molar-refractivity contribution in [3.8, 4) is 6.07 Å². The van der Waals surface area contributed by atoms with Gasteiger partial charge in [0.25, 0.3) is 0 Å². The number of hydrogen-bond acceptors (Lipinski definition) is 4. The van der Waals surface area contributed by atoms with Crippen LogP contribution in [0.5, 0.6) is 0 Å². The van der Waals surface area contributed by atoms with E-state index in [-0.39, 0.29) is 11.8 Å². The topological polar surface area (TPSA) is 82.0 Å². The predicted molar refractivity (Wildman–Crippen MR) is 92.7 cm³/mol. The highest BCUT2D eigenvalue weighted by Crippen LogP contribution is 2.22. The molecule has 2 aromatic rings. The van der Waals surface area contributed by atoms with Crippen LogP contribution in [-0.4, -0.2) is 21.5 Å². The van der Waals surface area contributed by atoms with Crippen molar-refractivity contribution < 1.29 is 8.42 Å². The van der Waals surface area contributed by atoms with Crippen molar-refractivity contribution in [2.45, 2.75) is 18.2 Å². The summed E-state index contributed by atoms with van der Waals surface area (Å²) < 4.78 is 27.3. The van der Waals surface area contributed by atoms with Gasteiger partial charge in [-0.05, 0) is 41.8 Å². The van der Waals surface area contributed by atoms with Crippen LogP contribution in [0.2, 0.25) is 0 Å². The maximum Gasteiger partial charge on any atom is 0.215 e. The Hall–Kier alpha value is -2.20. The minimum Gasteiger partial charge on any atom is -0.308 e. The third-order valence-electron chi connectivity index (χ3n) is 4.14. The molecule has 0 fully saturated rings. The van der Waals surface area contributed by atoms with Gasteiger partial charge >= 0.3 is 0 Å². The fraction of sp³-hybridized carbons (Fsp3) is 0.278. The molecule has 0 saturated heterocycles. The van der Waals surface area contributed by atoms with Gasteiger partial charge in [-0.2, -0.15) is 5.26 Å². The lowest BCUT2D eigenvalue weighted by molar-refractivity contribution is 0.491. The van der Waals surface area contributed by atoms with E-state index in [1.165, 1.54) is 5.56 Å². The number of rotatable bonds is 5. The first kappa shape index (κ1) is 16.7. The molecular formula is C18H19N3O2S. The van der Waals surface area contributed by atoms with E-state index in [4.69, 9.17) is 5.26 Å². The fourth-order valence-corrected chi connectivity index (χ4v) is 4.13. The van der Waals surface area contributed by atoms with Crippen LogP contribution in [0, 0.1) is 11.3 Å². The minimum atomic E-state index is -3.46. The van der Waals surface area contributed by atoms with Crippen molar-refractivity contribution in [3.63, 3.8) is 0 Å². The standard InChI is InChI=1S/C18H19N3O2S/c19-11-14-4-3-5-15(10-14)13-24(22,23)21-12-18-17-7-2-1-6-16(17)8-9-20-18/h1-7,10,18,20-21H,8-9,12-13H2. The summed E-state index contributed by atoms with van der Waals surface area (Å²) >= 11 is 0. The van der Waals surface area contributed by atoms with Crippen molar-refractivity contribution >= 4 is 10.0 Å². The second kappa shape index (κ2) is 7.14. The summed E-state index contributed by atoms with van der Waals surface area (Å²) in [5.41, 5.74) is 3.49. The Labute approximate surface area is 142 Å². The molecule has 0 aromatic heterocycles. The summed E-state index contributed by atoms with van der Waals surface area (Å²) in [5.74, 6) is -0.128. The molecule has 0 aliphatic carbocycles. The van der Waals surface area contributed by atoms with Gasteiger partial charge in [-0.1, -0.05) is 36.4 Å². The van der Waals surface area contributed by atoms with Crippen molar-refractivity contribution in [1.29, 1.82) is 5.26 Å². The molecule has 24 heavy (non-hydrogen) atoms. The zero-order valence-electron chi connectivity index (χ0n) is 13.2. The number of nitrogens with zero attached hydrogens (tertiary/aromatic N) is 1. The van der Waals surface area contributed by atoms with Crippen LogP contribution in [0.1, 0.15) is 28.3 Å². The Morgan fingerprint density at radius 2 is 2.04 bits per heavy atom. The van der Waals surface area contributed by atoms with E-state index in [0.29, 0.717) is 17.7 Å².